The number of anilines is 1. The van der Waals surface area contributed by atoms with Crippen LogP contribution in [-0.2, 0) is 12.8 Å². The second kappa shape index (κ2) is 5.31. The summed E-state index contributed by atoms with van der Waals surface area (Å²) in [6.45, 7) is 2.07. The Morgan fingerprint density at radius 3 is 2.67 bits per heavy atom. The van der Waals surface area contributed by atoms with E-state index in [1.165, 1.54) is 17.0 Å². The molecule has 1 aromatic heterocycles. The third kappa shape index (κ3) is 2.59. The summed E-state index contributed by atoms with van der Waals surface area (Å²) in [7, 11) is 0. The molecular formula is C14H14FNOS. The van der Waals surface area contributed by atoms with Crippen molar-refractivity contribution < 1.29 is 9.18 Å². The van der Waals surface area contributed by atoms with E-state index < -0.39 is 5.82 Å². The molecular weight excluding hydrogens is 249 g/mol. The third-order valence-corrected chi connectivity index (χ3v) is 3.98. The van der Waals surface area contributed by atoms with Crippen LogP contribution in [0.2, 0.25) is 0 Å². The van der Waals surface area contributed by atoms with Crippen LogP contribution in [-0.4, -0.2) is 5.78 Å². The Hall–Kier alpha value is -1.68. The van der Waals surface area contributed by atoms with Gasteiger partial charge in [-0.05, 0) is 30.7 Å². The smallest absolute Gasteiger partial charge is 0.170 e. The molecule has 0 saturated carbocycles. The van der Waals surface area contributed by atoms with Gasteiger partial charge in [0.05, 0.1) is 5.69 Å². The number of carbonyl (C=O) groups excluding carboxylic acids is 1. The molecule has 0 fully saturated rings. The number of benzene rings is 1. The minimum Gasteiger partial charge on any atom is -0.396 e. The third-order valence-electron chi connectivity index (χ3n) is 2.75. The molecule has 2 rings (SSSR count). The second-order valence-corrected chi connectivity index (χ2v) is 5.28. The molecule has 0 aliphatic rings. The highest BCUT2D eigenvalue weighted by Crippen LogP contribution is 2.22. The van der Waals surface area contributed by atoms with E-state index in [-0.39, 0.29) is 23.5 Å². The molecule has 1 heterocycles. The normalized spacial score (nSPS) is 10.6. The lowest BCUT2D eigenvalue weighted by molar-refractivity contribution is 0.0994. The average molecular weight is 263 g/mol. The van der Waals surface area contributed by atoms with Gasteiger partial charge in [-0.15, -0.1) is 11.3 Å². The lowest BCUT2D eigenvalue weighted by Crippen LogP contribution is -2.07. The van der Waals surface area contributed by atoms with Crippen molar-refractivity contribution in [1.82, 2.24) is 0 Å². The number of aryl methyl sites for hydroxylation is 1. The molecule has 4 heteroatoms. The van der Waals surface area contributed by atoms with Crippen molar-refractivity contribution in [3.05, 3.63) is 51.5 Å². The first-order chi connectivity index (χ1) is 8.61. The largest absolute Gasteiger partial charge is 0.396 e. The minimum absolute atomic E-state index is 0.0604. The highest BCUT2D eigenvalue weighted by Gasteiger charge is 2.14. The molecule has 2 nitrogen and oxygen atoms in total. The molecule has 0 aliphatic carbocycles. The van der Waals surface area contributed by atoms with Crippen LogP contribution in [0.5, 0.6) is 0 Å². The van der Waals surface area contributed by atoms with Crippen LogP contribution in [0.4, 0.5) is 10.1 Å². The molecule has 0 aliphatic heterocycles. The molecule has 0 bridgehead atoms. The fraction of sp³-hybridized carbons (Fsp3) is 0.214. The summed E-state index contributed by atoms with van der Waals surface area (Å²) in [6, 6.07) is 8.28. The fourth-order valence-corrected chi connectivity index (χ4v) is 2.70. The standard InChI is InChI=1S/C14H14FNOS/c1-2-9-6-7-10(18-9)8-13(17)11-4-3-5-12(15)14(11)16/h3-7H,2,8,16H2,1H3. The van der Waals surface area contributed by atoms with Crippen LogP contribution >= 0.6 is 11.3 Å². The maximum Gasteiger partial charge on any atom is 0.170 e. The first-order valence-corrected chi connectivity index (χ1v) is 6.58. The Morgan fingerprint density at radius 2 is 2.00 bits per heavy atom. The van der Waals surface area contributed by atoms with Gasteiger partial charge in [0.2, 0.25) is 0 Å². The van der Waals surface area contributed by atoms with Gasteiger partial charge < -0.3 is 5.73 Å². The van der Waals surface area contributed by atoms with Crippen molar-refractivity contribution in [2.24, 2.45) is 0 Å². The van der Waals surface area contributed by atoms with Gasteiger partial charge in [-0.2, -0.15) is 0 Å². The number of thiophene rings is 1. The van der Waals surface area contributed by atoms with E-state index in [9.17, 15) is 9.18 Å². The number of hydrogen-bond acceptors (Lipinski definition) is 3. The highest BCUT2D eigenvalue weighted by atomic mass is 32.1. The van der Waals surface area contributed by atoms with Gasteiger partial charge in [-0.25, -0.2) is 4.39 Å². The van der Waals surface area contributed by atoms with Crippen LogP contribution < -0.4 is 5.73 Å². The number of nitrogen functional groups attached to an aromatic ring is 1. The zero-order chi connectivity index (χ0) is 13.1. The minimum atomic E-state index is -0.540. The van der Waals surface area contributed by atoms with Crippen molar-refractivity contribution in [2.75, 3.05) is 5.73 Å². The van der Waals surface area contributed by atoms with Gasteiger partial charge in [0.1, 0.15) is 5.82 Å². The van der Waals surface area contributed by atoms with E-state index in [1.54, 1.807) is 17.4 Å². The topological polar surface area (TPSA) is 43.1 Å². The molecule has 2 aromatic rings. The summed E-state index contributed by atoms with van der Waals surface area (Å²) >= 11 is 1.61. The van der Waals surface area contributed by atoms with E-state index in [4.69, 9.17) is 5.73 Å². The summed E-state index contributed by atoms with van der Waals surface area (Å²) in [6.07, 6.45) is 1.24. The van der Waals surface area contributed by atoms with Crippen molar-refractivity contribution in [3.8, 4) is 0 Å². The Bertz CT molecular complexity index is 577. The van der Waals surface area contributed by atoms with E-state index in [0.717, 1.165) is 11.3 Å². The summed E-state index contributed by atoms with van der Waals surface area (Å²) in [5.74, 6) is -0.683. The molecule has 0 spiro atoms. The Labute approximate surface area is 109 Å². The molecule has 94 valence electrons. The quantitative estimate of drug-likeness (QED) is 0.678. The summed E-state index contributed by atoms with van der Waals surface area (Å²) in [4.78, 5) is 14.3. The lowest BCUT2D eigenvalue weighted by atomic mass is 10.1. The van der Waals surface area contributed by atoms with Crippen LogP contribution in [0, 0.1) is 5.82 Å². The highest BCUT2D eigenvalue weighted by molar-refractivity contribution is 7.12. The number of Topliss-reactive ketones (excluding diaryl/α,β-unsaturated/α-hetero) is 1. The maximum absolute atomic E-state index is 13.3. The number of para-hydroxylation sites is 1. The van der Waals surface area contributed by atoms with E-state index >= 15 is 0 Å². The number of ketones is 1. The van der Waals surface area contributed by atoms with Gasteiger partial charge in [-0.1, -0.05) is 13.0 Å². The van der Waals surface area contributed by atoms with Gasteiger partial charge in [0.15, 0.2) is 5.78 Å². The summed E-state index contributed by atoms with van der Waals surface area (Å²) in [5, 5.41) is 0. The molecule has 0 saturated heterocycles. The molecule has 2 N–H and O–H groups in total. The number of nitrogens with two attached hydrogens (primary N) is 1. The van der Waals surface area contributed by atoms with Crippen LogP contribution in [0.25, 0.3) is 0 Å². The van der Waals surface area contributed by atoms with E-state index in [1.807, 2.05) is 12.1 Å². The van der Waals surface area contributed by atoms with Gasteiger partial charge in [0, 0.05) is 21.7 Å². The van der Waals surface area contributed by atoms with Crippen molar-refractivity contribution >= 4 is 22.8 Å². The number of carbonyl (C=O) groups is 1. The number of rotatable bonds is 4. The number of halogens is 1. The van der Waals surface area contributed by atoms with E-state index in [2.05, 4.69) is 6.92 Å². The second-order valence-electron chi connectivity index (χ2n) is 4.02. The molecule has 0 radical (unpaired) electrons. The number of hydrogen-bond donors (Lipinski definition) is 1. The Balaban J connectivity index is 2.19. The summed E-state index contributed by atoms with van der Waals surface area (Å²) < 4.78 is 13.3. The fourth-order valence-electron chi connectivity index (χ4n) is 1.74. The lowest BCUT2D eigenvalue weighted by Gasteiger charge is -2.04. The first kappa shape index (κ1) is 12.8. The molecule has 0 amide bonds. The molecule has 18 heavy (non-hydrogen) atoms. The predicted molar refractivity (Wildman–Crippen MR) is 72.5 cm³/mol. The zero-order valence-corrected chi connectivity index (χ0v) is 10.9. The van der Waals surface area contributed by atoms with Gasteiger partial charge >= 0.3 is 0 Å². The first-order valence-electron chi connectivity index (χ1n) is 5.76. The Morgan fingerprint density at radius 1 is 1.28 bits per heavy atom. The monoisotopic (exact) mass is 263 g/mol. The van der Waals surface area contributed by atoms with Crippen LogP contribution in [0.3, 0.4) is 0 Å². The van der Waals surface area contributed by atoms with E-state index in [0.29, 0.717) is 0 Å². The summed E-state index contributed by atoms with van der Waals surface area (Å²) in [5.41, 5.74) is 5.78. The predicted octanol–water partition coefficient (Wildman–Crippen LogP) is 3.46. The molecule has 0 atom stereocenters. The van der Waals surface area contributed by atoms with Crippen LogP contribution in [0.1, 0.15) is 27.0 Å². The molecule has 1 aromatic carbocycles. The maximum atomic E-state index is 13.3. The van der Waals surface area contributed by atoms with Crippen molar-refractivity contribution in [2.45, 2.75) is 19.8 Å². The Kier molecular flexibility index (Phi) is 3.77. The van der Waals surface area contributed by atoms with Crippen LogP contribution in [0.15, 0.2) is 30.3 Å². The SMILES string of the molecule is CCc1ccc(CC(=O)c2cccc(F)c2N)s1. The van der Waals surface area contributed by atoms with Crippen molar-refractivity contribution in [1.29, 1.82) is 0 Å². The van der Waals surface area contributed by atoms with Crippen molar-refractivity contribution in [3.63, 3.8) is 0 Å². The van der Waals surface area contributed by atoms with Gasteiger partial charge in [-0.3, -0.25) is 4.79 Å². The average Bonchev–Trinajstić information content (AvgIpc) is 2.80. The molecule has 0 unspecified atom stereocenters. The van der Waals surface area contributed by atoms with Gasteiger partial charge in [0.25, 0.3) is 0 Å². The zero-order valence-electron chi connectivity index (χ0n) is 10.1.